The van der Waals surface area contributed by atoms with Gasteiger partial charge in [0.1, 0.15) is 6.04 Å². The summed E-state index contributed by atoms with van der Waals surface area (Å²) in [5.41, 5.74) is 0.716. The van der Waals surface area contributed by atoms with Crippen molar-refractivity contribution in [3.8, 4) is 6.07 Å². The summed E-state index contributed by atoms with van der Waals surface area (Å²) >= 11 is 0. The number of hydrogen-bond donors (Lipinski definition) is 2. The Labute approximate surface area is 83.2 Å². The van der Waals surface area contributed by atoms with Gasteiger partial charge < -0.3 is 5.11 Å². The molecule has 1 aromatic heterocycles. The summed E-state index contributed by atoms with van der Waals surface area (Å²) in [6.07, 6.45) is 2.30. The summed E-state index contributed by atoms with van der Waals surface area (Å²) in [6.45, 7) is 0.749. The summed E-state index contributed by atoms with van der Waals surface area (Å²) in [4.78, 5) is 4.08. The van der Waals surface area contributed by atoms with E-state index in [9.17, 15) is 0 Å². The third-order valence-corrected chi connectivity index (χ3v) is 1.80. The second kappa shape index (κ2) is 6.08. The zero-order chi connectivity index (χ0) is 10.2. The van der Waals surface area contributed by atoms with Gasteiger partial charge in [0, 0.05) is 12.8 Å². The van der Waals surface area contributed by atoms with Gasteiger partial charge in [0.15, 0.2) is 0 Å². The number of aliphatic hydroxyl groups excluding tert-OH is 1. The molecule has 0 aliphatic carbocycles. The van der Waals surface area contributed by atoms with Gasteiger partial charge in [-0.3, -0.25) is 10.3 Å². The van der Waals surface area contributed by atoms with Crippen LogP contribution in [-0.4, -0.2) is 23.2 Å². The maximum Gasteiger partial charge on any atom is 0.138 e. The van der Waals surface area contributed by atoms with E-state index in [2.05, 4.69) is 16.4 Å². The Morgan fingerprint density at radius 3 is 3.00 bits per heavy atom. The van der Waals surface area contributed by atoms with E-state index in [1.807, 2.05) is 12.1 Å². The highest BCUT2D eigenvalue weighted by Gasteiger charge is 2.09. The maximum absolute atomic E-state index is 8.86. The van der Waals surface area contributed by atoms with Crippen LogP contribution < -0.4 is 5.32 Å². The minimum absolute atomic E-state index is 0.132. The van der Waals surface area contributed by atoms with E-state index in [1.54, 1.807) is 12.3 Å². The molecule has 0 radical (unpaired) electrons. The summed E-state index contributed by atoms with van der Waals surface area (Å²) in [6, 6.07) is 7.20. The van der Waals surface area contributed by atoms with Crippen LogP contribution in [0, 0.1) is 11.3 Å². The van der Waals surface area contributed by atoms with Crippen LogP contribution in [0.2, 0.25) is 0 Å². The van der Waals surface area contributed by atoms with Crippen LogP contribution in [0.4, 0.5) is 0 Å². The molecule has 1 heterocycles. The largest absolute Gasteiger partial charge is 0.396 e. The Hall–Kier alpha value is -1.44. The lowest BCUT2D eigenvalue weighted by molar-refractivity contribution is 0.285. The van der Waals surface area contributed by atoms with E-state index in [4.69, 9.17) is 10.4 Å². The lowest BCUT2D eigenvalue weighted by atomic mass is 10.2. The molecule has 1 aromatic rings. The van der Waals surface area contributed by atoms with Gasteiger partial charge in [-0.25, -0.2) is 0 Å². The molecular formula is C10H13N3O. The normalized spacial score (nSPS) is 12.0. The molecule has 1 unspecified atom stereocenters. The quantitative estimate of drug-likeness (QED) is 0.669. The van der Waals surface area contributed by atoms with E-state index < -0.39 is 0 Å². The van der Waals surface area contributed by atoms with Gasteiger partial charge in [-0.1, -0.05) is 6.07 Å². The van der Waals surface area contributed by atoms with Crippen molar-refractivity contribution in [2.24, 2.45) is 0 Å². The summed E-state index contributed by atoms with van der Waals surface area (Å²) in [5, 5.41) is 20.5. The molecule has 0 spiro atoms. The zero-order valence-electron chi connectivity index (χ0n) is 7.85. The van der Waals surface area contributed by atoms with Gasteiger partial charge >= 0.3 is 0 Å². The smallest absolute Gasteiger partial charge is 0.138 e. The standard InChI is InChI=1S/C10H13N3O/c11-8-10(13-6-3-7-14)9-4-1-2-5-12-9/h1-2,4-5,10,13-14H,3,6-7H2. The minimum atomic E-state index is -0.386. The van der Waals surface area contributed by atoms with Crippen LogP contribution in [0.25, 0.3) is 0 Å². The number of pyridine rings is 1. The first-order valence-electron chi connectivity index (χ1n) is 4.53. The van der Waals surface area contributed by atoms with E-state index in [1.165, 1.54) is 0 Å². The molecular weight excluding hydrogens is 178 g/mol. The number of nitrogens with zero attached hydrogens (tertiary/aromatic N) is 2. The lowest BCUT2D eigenvalue weighted by Crippen LogP contribution is -2.22. The predicted molar refractivity (Wildman–Crippen MR) is 52.3 cm³/mol. The maximum atomic E-state index is 8.86. The monoisotopic (exact) mass is 191 g/mol. The van der Waals surface area contributed by atoms with Crippen LogP contribution in [0.3, 0.4) is 0 Å². The van der Waals surface area contributed by atoms with E-state index in [0.29, 0.717) is 18.7 Å². The average Bonchev–Trinajstić information content (AvgIpc) is 2.26. The van der Waals surface area contributed by atoms with Crippen molar-refractivity contribution < 1.29 is 5.11 Å². The van der Waals surface area contributed by atoms with Crippen molar-refractivity contribution in [1.82, 2.24) is 10.3 Å². The number of nitriles is 1. The van der Waals surface area contributed by atoms with E-state index >= 15 is 0 Å². The second-order valence-corrected chi connectivity index (χ2v) is 2.85. The highest BCUT2D eigenvalue weighted by atomic mass is 16.3. The van der Waals surface area contributed by atoms with Crippen LogP contribution in [0.5, 0.6) is 0 Å². The third kappa shape index (κ3) is 3.13. The molecule has 0 fully saturated rings. The Bertz CT molecular complexity index is 294. The van der Waals surface area contributed by atoms with Crippen LogP contribution in [-0.2, 0) is 0 Å². The van der Waals surface area contributed by atoms with Crippen LogP contribution in [0.1, 0.15) is 18.2 Å². The first-order chi connectivity index (χ1) is 6.88. The van der Waals surface area contributed by atoms with Crippen molar-refractivity contribution in [3.63, 3.8) is 0 Å². The Kier molecular flexibility index (Phi) is 4.62. The Morgan fingerprint density at radius 1 is 1.57 bits per heavy atom. The highest BCUT2D eigenvalue weighted by Crippen LogP contribution is 2.07. The minimum Gasteiger partial charge on any atom is -0.396 e. The number of aromatic nitrogens is 1. The van der Waals surface area contributed by atoms with Crippen molar-refractivity contribution in [2.45, 2.75) is 12.5 Å². The van der Waals surface area contributed by atoms with Gasteiger partial charge in [-0.15, -0.1) is 0 Å². The molecule has 0 bridgehead atoms. The molecule has 0 saturated heterocycles. The zero-order valence-corrected chi connectivity index (χ0v) is 7.85. The molecule has 0 aliphatic rings. The fraction of sp³-hybridized carbons (Fsp3) is 0.400. The van der Waals surface area contributed by atoms with Crippen molar-refractivity contribution >= 4 is 0 Å². The molecule has 0 saturated carbocycles. The van der Waals surface area contributed by atoms with Crippen molar-refractivity contribution in [2.75, 3.05) is 13.2 Å². The molecule has 4 nitrogen and oxygen atoms in total. The predicted octanol–water partition coefficient (Wildman–Crippen LogP) is 0.618. The Morgan fingerprint density at radius 2 is 2.43 bits per heavy atom. The number of hydrogen-bond acceptors (Lipinski definition) is 4. The first-order valence-corrected chi connectivity index (χ1v) is 4.53. The molecule has 0 aromatic carbocycles. The molecule has 74 valence electrons. The summed E-state index contributed by atoms with van der Waals surface area (Å²) in [7, 11) is 0. The van der Waals surface area contributed by atoms with Crippen molar-refractivity contribution in [1.29, 1.82) is 5.26 Å². The lowest BCUT2D eigenvalue weighted by Gasteiger charge is -2.09. The Balaban J connectivity index is 2.52. The van der Waals surface area contributed by atoms with Gasteiger partial charge in [0.2, 0.25) is 0 Å². The fourth-order valence-electron chi connectivity index (χ4n) is 1.09. The SMILES string of the molecule is N#CC(NCCCO)c1ccccn1. The van der Waals surface area contributed by atoms with Gasteiger partial charge in [0.25, 0.3) is 0 Å². The number of aliphatic hydroxyl groups is 1. The summed E-state index contributed by atoms with van der Waals surface area (Å²) < 4.78 is 0. The molecule has 1 rings (SSSR count). The molecule has 0 amide bonds. The van der Waals surface area contributed by atoms with E-state index in [0.717, 1.165) is 0 Å². The van der Waals surface area contributed by atoms with Gasteiger partial charge in [-0.2, -0.15) is 5.26 Å². The van der Waals surface area contributed by atoms with E-state index in [-0.39, 0.29) is 12.6 Å². The molecule has 2 N–H and O–H groups in total. The second-order valence-electron chi connectivity index (χ2n) is 2.85. The van der Waals surface area contributed by atoms with Gasteiger partial charge in [0.05, 0.1) is 11.8 Å². The van der Waals surface area contributed by atoms with Gasteiger partial charge in [-0.05, 0) is 25.1 Å². The third-order valence-electron chi connectivity index (χ3n) is 1.80. The number of rotatable bonds is 5. The molecule has 14 heavy (non-hydrogen) atoms. The molecule has 4 heteroatoms. The topological polar surface area (TPSA) is 68.9 Å². The highest BCUT2D eigenvalue weighted by molar-refractivity contribution is 5.15. The van der Waals surface area contributed by atoms with Crippen molar-refractivity contribution in [3.05, 3.63) is 30.1 Å². The van der Waals surface area contributed by atoms with Crippen LogP contribution in [0.15, 0.2) is 24.4 Å². The fourth-order valence-corrected chi connectivity index (χ4v) is 1.09. The number of nitrogens with one attached hydrogen (secondary N) is 1. The average molecular weight is 191 g/mol. The molecule has 0 aliphatic heterocycles. The summed E-state index contributed by atoms with van der Waals surface area (Å²) in [5.74, 6) is 0. The first kappa shape index (κ1) is 10.6. The van der Waals surface area contributed by atoms with Crippen LogP contribution >= 0.6 is 0 Å². The molecule has 1 atom stereocenters.